The lowest BCUT2D eigenvalue weighted by Crippen LogP contribution is -2.64. The summed E-state index contributed by atoms with van der Waals surface area (Å²) in [4.78, 5) is 0. The third-order valence-corrected chi connectivity index (χ3v) is 7.15. The zero-order valence-corrected chi connectivity index (χ0v) is 16.1. The first-order valence-electron chi connectivity index (χ1n) is 10.3. The first-order valence-corrected chi connectivity index (χ1v) is 10.3. The van der Waals surface area contributed by atoms with Crippen LogP contribution in [0.15, 0.2) is 54.6 Å². The van der Waals surface area contributed by atoms with Gasteiger partial charge >= 0.3 is 0 Å². The molecule has 4 aliphatic rings. The number of ether oxygens (including phenoxy) is 3. The van der Waals surface area contributed by atoms with E-state index < -0.39 is 0 Å². The Kier molecular flexibility index (Phi) is 3.62. The zero-order chi connectivity index (χ0) is 18.7. The average Bonchev–Trinajstić information content (AvgIpc) is 3.07. The monoisotopic (exact) mass is 375 g/mol. The first-order chi connectivity index (χ1) is 13.8. The van der Waals surface area contributed by atoms with Crippen LogP contribution < -0.4 is 14.8 Å². The maximum Gasteiger partial charge on any atom is 0.165 e. The molecule has 0 amide bonds. The largest absolute Gasteiger partial charge is 0.493 e. The molecule has 2 aromatic carbocycles. The van der Waals surface area contributed by atoms with E-state index in [0.717, 1.165) is 30.9 Å². The van der Waals surface area contributed by atoms with Gasteiger partial charge in [0.2, 0.25) is 0 Å². The Bertz CT molecular complexity index is 940. The highest BCUT2D eigenvalue weighted by Crippen LogP contribution is 2.61. The van der Waals surface area contributed by atoms with Gasteiger partial charge in [-0.25, -0.2) is 0 Å². The van der Waals surface area contributed by atoms with Crippen molar-refractivity contribution in [3.8, 4) is 11.5 Å². The summed E-state index contributed by atoms with van der Waals surface area (Å²) >= 11 is 0. The normalized spacial score (nSPS) is 33.9. The molecular formula is C24H25NO3. The number of hydrogen-bond donors (Lipinski definition) is 1. The predicted octanol–water partition coefficient (Wildman–Crippen LogP) is 3.38. The van der Waals surface area contributed by atoms with Crippen molar-refractivity contribution >= 4 is 0 Å². The summed E-state index contributed by atoms with van der Waals surface area (Å²) in [6.45, 7) is 1.62. The Morgan fingerprint density at radius 3 is 2.89 bits per heavy atom. The molecule has 2 aliphatic heterocycles. The van der Waals surface area contributed by atoms with Gasteiger partial charge in [-0.1, -0.05) is 48.6 Å². The van der Waals surface area contributed by atoms with Gasteiger partial charge in [-0.05, 0) is 36.6 Å². The Hall–Kier alpha value is -2.30. The van der Waals surface area contributed by atoms with E-state index in [9.17, 15) is 0 Å². The SMILES string of the molecule is COc1ccc2c3c1OC1C(OCc4ccccc4)C=CC4[C@@H](C2)NCC[C@]314. The Morgan fingerprint density at radius 2 is 2.04 bits per heavy atom. The summed E-state index contributed by atoms with van der Waals surface area (Å²) in [5.41, 5.74) is 3.97. The standard InChI is InChI=1S/C24H25NO3/c1-26-19-9-7-16-13-18-17-8-10-20(27-14-15-5-3-2-4-6-15)23-24(17,11-12-25-18)21(16)22(19)28-23/h2-10,17-18,20,23,25H,11-14H2,1H3/t17?,18-,20?,23?,24+/m1/s1. The van der Waals surface area contributed by atoms with Crippen molar-refractivity contribution < 1.29 is 14.2 Å². The Labute approximate surface area is 165 Å². The molecule has 6 rings (SSSR count). The second-order valence-electron chi connectivity index (χ2n) is 8.40. The molecule has 0 aromatic heterocycles. The summed E-state index contributed by atoms with van der Waals surface area (Å²) in [5, 5.41) is 3.75. The second kappa shape index (κ2) is 6.10. The number of hydrogen-bond acceptors (Lipinski definition) is 4. The fourth-order valence-corrected chi connectivity index (χ4v) is 6.02. The topological polar surface area (TPSA) is 39.7 Å². The molecule has 2 bridgehead atoms. The van der Waals surface area contributed by atoms with Crippen LogP contribution in [0.2, 0.25) is 0 Å². The third-order valence-electron chi connectivity index (χ3n) is 7.15. The molecule has 1 N–H and O–H groups in total. The highest BCUT2D eigenvalue weighted by molar-refractivity contribution is 5.62. The number of benzene rings is 2. The van der Waals surface area contributed by atoms with Crippen molar-refractivity contribution in [1.82, 2.24) is 5.32 Å². The lowest BCUT2D eigenvalue weighted by molar-refractivity contribution is -0.0591. The van der Waals surface area contributed by atoms with Crippen LogP contribution in [-0.2, 0) is 23.2 Å². The van der Waals surface area contributed by atoms with E-state index in [0.29, 0.717) is 18.6 Å². The lowest BCUT2D eigenvalue weighted by atomic mass is 9.53. The number of piperidine rings is 1. The minimum atomic E-state index is -0.0572. The van der Waals surface area contributed by atoms with Gasteiger partial charge in [0.25, 0.3) is 0 Å². The van der Waals surface area contributed by atoms with Crippen LogP contribution in [0.25, 0.3) is 0 Å². The minimum absolute atomic E-state index is 0.00108. The summed E-state index contributed by atoms with van der Waals surface area (Å²) in [6, 6.07) is 15.1. The van der Waals surface area contributed by atoms with Crippen molar-refractivity contribution in [3.63, 3.8) is 0 Å². The molecule has 28 heavy (non-hydrogen) atoms. The molecule has 5 atom stereocenters. The molecular weight excluding hydrogens is 350 g/mol. The minimum Gasteiger partial charge on any atom is -0.493 e. The quantitative estimate of drug-likeness (QED) is 0.832. The van der Waals surface area contributed by atoms with Gasteiger partial charge in [-0.2, -0.15) is 0 Å². The van der Waals surface area contributed by atoms with Crippen LogP contribution in [0.1, 0.15) is 23.1 Å². The fraction of sp³-hybridized carbons (Fsp3) is 0.417. The second-order valence-corrected chi connectivity index (χ2v) is 8.40. The van der Waals surface area contributed by atoms with Crippen molar-refractivity contribution in [1.29, 1.82) is 0 Å². The third kappa shape index (κ3) is 2.13. The van der Waals surface area contributed by atoms with E-state index >= 15 is 0 Å². The molecule has 2 aliphatic carbocycles. The van der Waals surface area contributed by atoms with Gasteiger partial charge in [-0.15, -0.1) is 0 Å². The van der Waals surface area contributed by atoms with E-state index in [2.05, 4.69) is 53.9 Å². The molecule has 1 fully saturated rings. The molecule has 1 saturated heterocycles. The molecule has 4 nitrogen and oxygen atoms in total. The lowest BCUT2D eigenvalue weighted by Gasteiger charge is -2.54. The highest BCUT2D eigenvalue weighted by Gasteiger charge is 2.63. The van der Waals surface area contributed by atoms with Crippen LogP contribution in [0.4, 0.5) is 0 Å². The van der Waals surface area contributed by atoms with Gasteiger partial charge in [0.15, 0.2) is 11.5 Å². The molecule has 2 aromatic rings. The van der Waals surface area contributed by atoms with E-state index in [1.807, 2.05) is 6.07 Å². The van der Waals surface area contributed by atoms with Gasteiger partial charge in [0, 0.05) is 22.9 Å². The van der Waals surface area contributed by atoms with E-state index in [4.69, 9.17) is 14.2 Å². The van der Waals surface area contributed by atoms with Gasteiger partial charge in [0.05, 0.1) is 13.7 Å². The summed E-state index contributed by atoms with van der Waals surface area (Å²) < 4.78 is 18.8. The van der Waals surface area contributed by atoms with Gasteiger partial charge in [-0.3, -0.25) is 0 Å². The average molecular weight is 375 g/mol. The van der Waals surface area contributed by atoms with Crippen LogP contribution in [0.3, 0.4) is 0 Å². The van der Waals surface area contributed by atoms with Crippen LogP contribution in [0.5, 0.6) is 11.5 Å². The van der Waals surface area contributed by atoms with Gasteiger partial charge in [0.1, 0.15) is 12.2 Å². The molecule has 2 heterocycles. The molecule has 144 valence electrons. The Morgan fingerprint density at radius 1 is 1.14 bits per heavy atom. The zero-order valence-electron chi connectivity index (χ0n) is 16.1. The highest BCUT2D eigenvalue weighted by atomic mass is 16.6. The molecule has 0 saturated carbocycles. The van der Waals surface area contributed by atoms with Gasteiger partial charge < -0.3 is 19.5 Å². The fourth-order valence-electron chi connectivity index (χ4n) is 6.02. The maximum atomic E-state index is 6.67. The Balaban J connectivity index is 1.42. The van der Waals surface area contributed by atoms with Crippen molar-refractivity contribution in [2.24, 2.45) is 5.92 Å². The van der Waals surface area contributed by atoms with E-state index in [1.54, 1.807) is 7.11 Å². The van der Waals surface area contributed by atoms with Crippen molar-refractivity contribution in [3.05, 3.63) is 71.3 Å². The smallest absolute Gasteiger partial charge is 0.165 e. The summed E-state index contributed by atoms with van der Waals surface area (Å²) in [7, 11) is 1.73. The van der Waals surface area contributed by atoms with Crippen LogP contribution >= 0.6 is 0 Å². The summed E-state index contributed by atoms with van der Waals surface area (Å²) in [6.07, 6.45) is 6.69. The summed E-state index contributed by atoms with van der Waals surface area (Å²) in [5.74, 6) is 2.25. The van der Waals surface area contributed by atoms with Crippen LogP contribution in [0, 0.1) is 5.92 Å². The molecule has 1 spiro atoms. The maximum absolute atomic E-state index is 6.67. The van der Waals surface area contributed by atoms with Crippen LogP contribution in [-0.4, -0.2) is 31.9 Å². The number of methoxy groups -OCH3 is 1. The molecule has 0 radical (unpaired) electrons. The van der Waals surface area contributed by atoms with Crippen molar-refractivity contribution in [2.75, 3.05) is 13.7 Å². The number of rotatable bonds is 4. The van der Waals surface area contributed by atoms with E-state index in [1.165, 1.54) is 16.7 Å². The first kappa shape index (κ1) is 16.6. The van der Waals surface area contributed by atoms with Crippen molar-refractivity contribution in [2.45, 2.75) is 43.1 Å². The number of nitrogens with one attached hydrogen (secondary N) is 1. The van der Waals surface area contributed by atoms with E-state index in [-0.39, 0.29) is 17.6 Å². The predicted molar refractivity (Wildman–Crippen MR) is 107 cm³/mol. The molecule has 3 unspecified atom stereocenters. The molecule has 4 heteroatoms.